The second kappa shape index (κ2) is 9.73. The standard InChI is InChI=1S/C6H12O6.C5H9NO3/c7-1-3(9)5(11)6(12)4(10)2-8;7-3-1-2-6-4(3)5(8)9/h1,3-6,8-12H,2H2;3-4,6-7H,1-2H2,(H,8,9)/t3-,4+,5+,6+;3?,4-/m00/s1. The van der Waals surface area contributed by atoms with Crippen molar-refractivity contribution >= 4 is 12.3 Å². The van der Waals surface area contributed by atoms with Crippen molar-refractivity contribution in [3.8, 4) is 0 Å². The second-order valence-electron chi connectivity index (χ2n) is 4.48. The molecule has 0 saturated carbocycles. The van der Waals surface area contributed by atoms with Crippen LogP contribution in [0, 0.1) is 0 Å². The zero-order chi connectivity index (χ0) is 16.6. The van der Waals surface area contributed by atoms with Gasteiger partial charge in [-0.2, -0.15) is 0 Å². The van der Waals surface area contributed by atoms with Crippen LogP contribution in [0.2, 0.25) is 0 Å². The van der Waals surface area contributed by atoms with Gasteiger partial charge in [-0.3, -0.25) is 4.79 Å². The van der Waals surface area contributed by atoms with Crippen molar-refractivity contribution < 1.29 is 45.3 Å². The molecule has 0 aliphatic carbocycles. The highest BCUT2D eigenvalue weighted by Gasteiger charge is 2.30. The van der Waals surface area contributed by atoms with Gasteiger partial charge in [0.2, 0.25) is 0 Å². The first-order chi connectivity index (χ1) is 9.76. The third-order valence-electron chi connectivity index (χ3n) is 2.88. The molecule has 0 amide bonds. The maximum absolute atomic E-state index is 10.2. The summed E-state index contributed by atoms with van der Waals surface area (Å²) in [5, 5.41) is 63.5. The van der Waals surface area contributed by atoms with Gasteiger partial charge in [0.1, 0.15) is 30.5 Å². The summed E-state index contributed by atoms with van der Waals surface area (Å²) in [6.07, 6.45) is -7.01. The predicted octanol–water partition coefficient (Wildman–Crippen LogP) is -4.58. The molecule has 10 heteroatoms. The summed E-state index contributed by atoms with van der Waals surface area (Å²) < 4.78 is 0. The minimum Gasteiger partial charge on any atom is -0.480 e. The van der Waals surface area contributed by atoms with Crippen molar-refractivity contribution in [1.82, 2.24) is 5.32 Å². The lowest BCUT2D eigenvalue weighted by Gasteiger charge is -2.22. The number of nitrogens with one attached hydrogen (secondary N) is 1. The van der Waals surface area contributed by atoms with Crippen molar-refractivity contribution in [2.24, 2.45) is 0 Å². The minimum atomic E-state index is -1.79. The average Bonchev–Trinajstić information content (AvgIpc) is 2.90. The van der Waals surface area contributed by atoms with E-state index in [-0.39, 0.29) is 6.29 Å². The molecular weight excluding hydrogens is 290 g/mol. The number of carbonyl (C=O) groups is 2. The van der Waals surface area contributed by atoms with Crippen molar-refractivity contribution in [2.75, 3.05) is 13.2 Å². The Balaban J connectivity index is 0.000000394. The SMILES string of the molecule is O=C(O)[C@H]1NCCC1O.O=C[C@H](O)[C@@H](O)[C@H](O)[C@H](O)CO. The molecule has 124 valence electrons. The van der Waals surface area contributed by atoms with E-state index < -0.39 is 49.1 Å². The van der Waals surface area contributed by atoms with Gasteiger partial charge in [-0.15, -0.1) is 0 Å². The van der Waals surface area contributed by atoms with Gasteiger partial charge in [-0.05, 0) is 13.0 Å². The molecule has 6 atom stereocenters. The molecule has 1 saturated heterocycles. The molecule has 1 unspecified atom stereocenters. The van der Waals surface area contributed by atoms with Crippen molar-refractivity contribution in [2.45, 2.75) is 43.0 Å². The Morgan fingerprint density at radius 3 is 2.10 bits per heavy atom. The van der Waals surface area contributed by atoms with E-state index in [1.165, 1.54) is 0 Å². The highest BCUT2D eigenvalue weighted by Crippen LogP contribution is 2.05. The lowest BCUT2D eigenvalue weighted by molar-refractivity contribution is -0.141. The molecule has 8 N–H and O–H groups in total. The van der Waals surface area contributed by atoms with Gasteiger partial charge in [-0.1, -0.05) is 0 Å². The number of aliphatic carboxylic acids is 1. The van der Waals surface area contributed by atoms with E-state index in [1.54, 1.807) is 0 Å². The summed E-state index contributed by atoms with van der Waals surface area (Å²) >= 11 is 0. The summed E-state index contributed by atoms with van der Waals surface area (Å²) in [6, 6.07) is -0.745. The van der Waals surface area contributed by atoms with Gasteiger partial charge in [0.25, 0.3) is 0 Å². The van der Waals surface area contributed by atoms with E-state index in [0.29, 0.717) is 13.0 Å². The monoisotopic (exact) mass is 311 g/mol. The number of carboxylic acids is 1. The highest BCUT2D eigenvalue weighted by molar-refractivity contribution is 5.74. The molecule has 0 bridgehead atoms. The number of rotatable bonds is 6. The first-order valence-electron chi connectivity index (χ1n) is 6.18. The second-order valence-corrected chi connectivity index (χ2v) is 4.48. The van der Waals surface area contributed by atoms with Crippen LogP contribution in [-0.4, -0.2) is 97.7 Å². The molecule has 0 aromatic heterocycles. The van der Waals surface area contributed by atoms with Gasteiger partial charge in [0, 0.05) is 0 Å². The first-order valence-corrected chi connectivity index (χ1v) is 6.18. The van der Waals surface area contributed by atoms with Crippen LogP contribution in [0.5, 0.6) is 0 Å². The van der Waals surface area contributed by atoms with Gasteiger partial charge < -0.3 is 45.9 Å². The topological polar surface area (TPSA) is 188 Å². The van der Waals surface area contributed by atoms with Crippen LogP contribution in [0.4, 0.5) is 0 Å². The third-order valence-corrected chi connectivity index (χ3v) is 2.88. The molecule has 1 heterocycles. The number of carbonyl (C=O) groups excluding carboxylic acids is 1. The van der Waals surface area contributed by atoms with Crippen molar-refractivity contribution in [1.29, 1.82) is 0 Å². The molecule has 0 radical (unpaired) electrons. The van der Waals surface area contributed by atoms with Gasteiger partial charge in [0.05, 0.1) is 12.7 Å². The molecule has 1 rings (SSSR count). The lowest BCUT2D eigenvalue weighted by atomic mass is 10.0. The molecule has 0 spiro atoms. The number of aliphatic hydroxyl groups is 6. The predicted molar refractivity (Wildman–Crippen MR) is 67.2 cm³/mol. The van der Waals surface area contributed by atoms with E-state index in [2.05, 4.69) is 5.32 Å². The molecule has 21 heavy (non-hydrogen) atoms. The minimum absolute atomic E-state index is 0.0258. The normalized spacial score (nSPS) is 27.0. The van der Waals surface area contributed by atoms with E-state index >= 15 is 0 Å². The van der Waals surface area contributed by atoms with Crippen LogP contribution in [-0.2, 0) is 9.59 Å². The van der Waals surface area contributed by atoms with Crippen molar-refractivity contribution in [3.05, 3.63) is 0 Å². The van der Waals surface area contributed by atoms with Gasteiger partial charge in [0.15, 0.2) is 6.29 Å². The molecule has 1 aliphatic rings. The fraction of sp³-hybridized carbons (Fsp3) is 0.818. The van der Waals surface area contributed by atoms with Gasteiger partial charge in [-0.25, -0.2) is 0 Å². The molecule has 1 aliphatic heterocycles. The Hall–Kier alpha value is -1.14. The highest BCUT2D eigenvalue weighted by atomic mass is 16.4. The summed E-state index contributed by atoms with van der Waals surface area (Å²) in [6.45, 7) is -0.165. The number of aliphatic hydroxyl groups excluding tert-OH is 6. The van der Waals surface area contributed by atoms with E-state index in [4.69, 9.17) is 35.7 Å². The Morgan fingerprint density at radius 1 is 1.24 bits per heavy atom. The van der Waals surface area contributed by atoms with E-state index in [9.17, 15) is 9.59 Å². The molecule has 0 aromatic rings. The fourth-order valence-electron chi connectivity index (χ4n) is 1.56. The number of hydrogen-bond acceptors (Lipinski definition) is 9. The van der Waals surface area contributed by atoms with Crippen LogP contribution in [0.3, 0.4) is 0 Å². The van der Waals surface area contributed by atoms with Crippen LogP contribution in [0.15, 0.2) is 0 Å². The smallest absolute Gasteiger partial charge is 0.323 e. The quantitative estimate of drug-likeness (QED) is 0.222. The number of carboxylic acid groups (broad SMARTS) is 1. The Bertz CT molecular complexity index is 327. The molecular formula is C11H21NO9. The van der Waals surface area contributed by atoms with E-state index in [0.717, 1.165) is 0 Å². The van der Waals surface area contributed by atoms with E-state index in [1.807, 2.05) is 0 Å². The summed E-state index contributed by atoms with van der Waals surface area (Å²) in [7, 11) is 0. The molecule has 10 nitrogen and oxygen atoms in total. The third kappa shape index (κ3) is 6.44. The largest absolute Gasteiger partial charge is 0.480 e. The maximum Gasteiger partial charge on any atom is 0.323 e. The van der Waals surface area contributed by atoms with Gasteiger partial charge >= 0.3 is 5.97 Å². The zero-order valence-electron chi connectivity index (χ0n) is 11.1. The number of aldehydes is 1. The molecule has 1 fully saturated rings. The summed E-state index contributed by atoms with van der Waals surface area (Å²) in [5.41, 5.74) is 0. The summed E-state index contributed by atoms with van der Waals surface area (Å²) in [5.74, 6) is -0.972. The Kier molecular flexibility index (Phi) is 9.21. The fourth-order valence-corrected chi connectivity index (χ4v) is 1.56. The van der Waals surface area contributed by atoms with Crippen molar-refractivity contribution in [3.63, 3.8) is 0 Å². The number of hydrogen-bond donors (Lipinski definition) is 8. The van der Waals surface area contributed by atoms with Crippen LogP contribution >= 0.6 is 0 Å². The molecule has 0 aromatic carbocycles. The van der Waals surface area contributed by atoms with Crippen LogP contribution < -0.4 is 5.32 Å². The summed E-state index contributed by atoms with van der Waals surface area (Å²) in [4.78, 5) is 20.1. The first kappa shape index (κ1) is 19.9. The zero-order valence-corrected chi connectivity index (χ0v) is 11.1. The van der Waals surface area contributed by atoms with Crippen LogP contribution in [0.25, 0.3) is 0 Å². The maximum atomic E-state index is 10.2. The lowest BCUT2D eigenvalue weighted by Crippen LogP contribution is -2.46. The Labute approximate surface area is 120 Å². The van der Waals surface area contributed by atoms with Crippen LogP contribution in [0.1, 0.15) is 6.42 Å². The average molecular weight is 311 g/mol. The Morgan fingerprint density at radius 2 is 1.81 bits per heavy atom.